The van der Waals surface area contributed by atoms with Gasteiger partial charge in [0.05, 0.1) is 6.04 Å². The van der Waals surface area contributed by atoms with Gasteiger partial charge in [-0.1, -0.05) is 24.3 Å². The Hall–Kier alpha value is -3.35. The second kappa shape index (κ2) is 7.49. The Bertz CT molecular complexity index is 1060. The van der Waals surface area contributed by atoms with Gasteiger partial charge < -0.3 is 5.32 Å². The van der Waals surface area contributed by atoms with Crippen LogP contribution in [-0.4, -0.2) is 15.7 Å². The smallest absolute Gasteiger partial charge is 0.276 e. The van der Waals surface area contributed by atoms with Crippen LogP contribution in [0.15, 0.2) is 59.4 Å². The monoisotopic (exact) mass is 369 g/mol. The third-order valence-corrected chi connectivity index (χ3v) is 4.10. The van der Waals surface area contributed by atoms with Crippen LogP contribution >= 0.6 is 0 Å². The summed E-state index contributed by atoms with van der Waals surface area (Å²) in [5.41, 5.74) is 0.114. The quantitative estimate of drug-likeness (QED) is 0.767. The fraction of sp³-hybridized carbons (Fsp3) is 0.150. The number of carbonyl (C=O) groups is 1. The van der Waals surface area contributed by atoms with Gasteiger partial charge in [0.25, 0.3) is 5.91 Å². The largest absolute Gasteiger partial charge is 0.344 e. The summed E-state index contributed by atoms with van der Waals surface area (Å²) in [7, 11) is 0. The molecule has 5 nitrogen and oxygen atoms in total. The van der Waals surface area contributed by atoms with Gasteiger partial charge in [-0.05, 0) is 43.7 Å². The zero-order valence-electron chi connectivity index (χ0n) is 14.7. The zero-order chi connectivity index (χ0) is 19.6. The molecule has 7 heteroatoms. The number of hydrogen-bond acceptors (Lipinski definition) is 3. The highest BCUT2D eigenvalue weighted by Gasteiger charge is 2.19. The molecule has 0 saturated carbocycles. The zero-order valence-corrected chi connectivity index (χ0v) is 14.7. The molecule has 0 saturated heterocycles. The number of hydrogen-bond donors (Lipinski definition) is 1. The van der Waals surface area contributed by atoms with Crippen LogP contribution in [0.25, 0.3) is 5.69 Å². The summed E-state index contributed by atoms with van der Waals surface area (Å²) in [6.07, 6.45) is 0. The molecule has 0 spiro atoms. The average Bonchev–Trinajstić information content (AvgIpc) is 2.62. The van der Waals surface area contributed by atoms with Crippen LogP contribution in [0.2, 0.25) is 0 Å². The summed E-state index contributed by atoms with van der Waals surface area (Å²) in [6, 6.07) is 12.4. The molecule has 1 heterocycles. The van der Waals surface area contributed by atoms with E-state index in [0.29, 0.717) is 11.3 Å². The highest BCUT2D eigenvalue weighted by atomic mass is 19.1. The van der Waals surface area contributed by atoms with Crippen molar-refractivity contribution >= 4 is 5.91 Å². The fourth-order valence-corrected chi connectivity index (χ4v) is 2.70. The van der Waals surface area contributed by atoms with Crippen molar-refractivity contribution in [1.29, 1.82) is 0 Å². The molecule has 3 aromatic rings. The van der Waals surface area contributed by atoms with Gasteiger partial charge in [-0.15, -0.1) is 0 Å². The summed E-state index contributed by atoms with van der Waals surface area (Å²) in [4.78, 5) is 24.8. The van der Waals surface area contributed by atoms with E-state index in [0.717, 1.165) is 0 Å². The maximum atomic E-state index is 14.1. The number of carbonyl (C=O) groups excluding carboxylic acids is 1. The number of nitrogens with zero attached hydrogens (tertiary/aromatic N) is 2. The molecule has 1 unspecified atom stereocenters. The molecule has 0 radical (unpaired) electrons. The van der Waals surface area contributed by atoms with Crippen LogP contribution < -0.4 is 10.7 Å². The first kappa shape index (κ1) is 18.4. The Balaban J connectivity index is 1.94. The van der Waals surface area contributed by atoms with Crippen molar-refractivity contribution in [2.75, 3.05) is 0 Å². The van der Waals surface area contributed by atoms with Crippen LogP contribution in [0, 0.1) is 18.6 Å². The van der Waals surface area contributed by atoms with Gasteiger partial charge >= 0.3 is 0 Å². The number of aryl methyl sites for hydroxylation is 1. The van der Waals surface area contributed by atoms with E-state index >= 15 is 0 Å². The van der Waals surface area contributed by atoms with Gasteiger partial charge in [-0.3, -0.25) is 9.59 Å². The molecule has 1 amide bonds. The molecule has 27 heavy (non-hydrogen) atoms. The molecule has 0 fully saturated rings. The highest BCUT2D eigenvalue weighted by molar-refractivity contribution is 5.92. The molecule has 0 aliphatic rings. The minimum Gasteiger partial charge on any atom is -0.344 e. The summed E-state index contributed by atoms with van der Waals surface area (Å²) in [6.45, 7) is 3.26. The van der Waals surface area contributed by atoms with Gasteiger partial charge in [0.1, 0.15) is 17.3 Å². The highest BCUT2D eigenvalue weighted by Crippen LogP contribution is 2.15. The Morgan fingerprint density at radius 3 is 2.56 bits per heavy atom. The second-order valence-electron chi connectivity index (χ2n) is 6.11. The van der Waals surface area contributed by atoms with E-state index in [1.807, 2.05) is 0 Å². The number of amides is 1. The average molecular weight is 369 g/mol. The lowest BCUT2D eigenvalue weighted by atomic mass is 10.1. The molecule has 1 aromatic heterocycles. The molecule has 1 atom stereocenters. The molecule has 3 rings (SSSR count). The van der Waals surface area contributed by atoms with Crippen LogP contribution in [-0.2, 0) is 0 Å². The van der Waals surface area contributed by atoms with Crippen LogP contribution in [0.1, 0.15) is 34.7 Å². The molecule has 1 N–H and O–H groups in total. The normalized spacial score (nSPS) is 11.9. The van der Waals surface area contributed by atoms with E-state index < -0.39 is 29.0 Å². The Morgan fingerprint density at radius 1 is 1.11 bits per heavy atom. The van der Waals surface area contributed by atoms with E-state index in [1.165, 1.54) is 47.1 Å². The van der Waals surface area contributed by atoms with E-state index in [9.17, 15) is 18.4 Å². The van der Waals surface area contributed by atoms with Gasteiger partial charge in [0, 0.05) is 11.8 Å². The minimum atomic E-state index is -0.721. The number of halogens is 2. The fourth-order valence-electron chi connectivity index (χ4n) is 2.70. The molecule has 0 bridgehead atoms. The lowest BCUT2D eigenvalue weighted by molar-refractivity contribution is 0.0931. The van der Waals surface area contributed by atoms with Crippen molar-refractivity contribution in [3.05, 3.63) is 93.4 Å². The number of aromatic nitrogens is 2. The Kier molecular flexibility index (Phi) is 5.12. The third kappa shape index (κ3) is 3.92. The maximum Gasteiger partial charge on any atom is 0.276 e. The summed E-state index contributed by atoms with van der Waals surface area (Å²) < 4.78 is 28.7. The summed E-state index contributed by atoms with van der Waals surface area (Å²) in [5.74, 6) is -1.68. The number of rotatable bonds is 4. The first-order valence-electron chi connectivity index (χ1n) is 8.29. The minimum absolute atomic E-state index is 0.127. The molecule has 0 aliphatic heterocycles. The van der Waals surface area contributed by atoms with Crippen molar-refractivity contribution in [2.45, 2.75) is 19.9 Å². The van der Waals surface area contributed by atoms with E-state index in [4.69, 9.17) is 0 Å². The molecule has 0 aliphatic carbocycles. The molecular formula is C20H17F2N3O2. The SMILES string of the molecule is Cc1cc(=O)c(C(=O)NC(C)c2cccc(F)c2)nn1-c1ccccc1F. The van der Waals surface area contributed by atoms with Gasteiger partial charge in [0.15, 0.2) is 5.69 Å². The Morgan fingerprint density at radius 2 is 1.85 bits per heavy atom. The van der Waals surface area contributed by atoms with E-state index in [2.05, 4.69) is 10.4 Å². The van der Waals surface area contributed by atoms with Crippen molar-refractivity contribution in [3.8, 4) is 5.69 Å². The number of benzene rings is 2. The first-order chi connectivity index (χ1) is 12.9. The topological polar surface area (TPSA) is 64.0 Å². The number of nitrogens with one attached hydrogen (secondary N) is 1. The van der Waals surface area contributed by atoms with Crippen molar-refractivity contribution in [2.24, 2.45) is 0 Å². The van der Waals surface area contributed by atoms with Crippen LogP contribution in [0.5, 0.6) is 0 Å². The summed E-state index contributed by atoms with van der Waals surface area (Å²) >= 11 is 0. The van der Waals surface area contributed by atoms with Gasteiger partial charge in [-0.25, -0.2) is 13.5 Å². The van der Waals surface area contributed by atoms with Crippen LogP contribution in [0.3, 0.4) is 0 Å². The lowest BCUT2D eigenvalue weighted by Crippen LogP contribution is -2.33. The third-order valence-electron chi connectivity index (χ3n) is 4.10. The molecule has 2 aromatic carbocycles. The second-order valence-corrected chi connectivity index (χ2v) is 6.11. The Labute approximate surface area is 154 Å². The first-order valence-corrected chi connectivity index (χ1v) is 8.29. The van der Waals surface area contributed by atoms with Crippen molar-refractivity contribution in [1.82, 2.24) is 15.1 Å². The predicted molar refractivity (Wildman–Crippen MR) is 96.8 cm³/mol. The van der Waals surface area contributed by atoms with Crippen molar-refractivity contribution < 1.29 is 13.6 Å². The van der Waals surface area contributed by atoms with Crippen LogP contribution in [0.4, 0.5) is 8.78 Å². The standard InChI is InChI=1S/C20H17F2N3O2/c1-12-10-18(26)19(24-25(12)17-9-4-3-8-16(17)22)20(27)23-13(2)14-6-5-7-15(21)11-14/h3-11,13H,1-2H3,(H,23,27). The molecule has 138 valence electrons. The molecular weight excluding hydrogens is 352 g/mol. The van der Waals surface area contributed by atoms with Crippen molar-refractivity contribution in [3.63, 3.8) is 0 Å². The lowest BCUT2D eigenvalue weighted by Gasteiger charge is -2.15. The number of para-hydroxylation sites is 1. The van der Waals surface area contributed by atoms with Gasteiger partial charge in [0.2, 0.25) is 5.43 Å². The maximum absolute atomic E-state index is 14.1. The van der Waals surface area contributed by atoms with Gasteiger partial charge in [-0.2, -0.15) is 5.10 Å². The van der Waals surface area contributed by atoms with E-state index in [-0.39, 0.29) is 11.4 Å². The summed E-state index contributed by atoms with van der Waals surface area (Å²) in [5, 5.41) is 6.66. The van der Waals surface area contributed by atoms with E-state index in [1.54, 1.807) is 26.0 Å². The predicted octanol–water partition coefficient (Wildman–Crippen LogP) is 3.31.